The van der Waals surface area contributed by atoms with Gasteiger partial charge in [0.15, 0.2) is 5.96 Å². The second kappa shape index (κ2) is 12.2. The number of rotatable bonds is 7. The molecule has 0 saturated heterocycles. The highest BCUT2D eigenvalue weighted by atomic mass is 127. The number of amides is 1. The first kappa shape index (κ1) is 23.7. The minimum atomic E-state index is -0.0713. The molecule has 0 aliphatic carbocycles. The van der Waals surface area contributed by atoms with Crippen molar-refractivity contribution in [3.63, 3.8) is 0 Å². The first-order chi connectivity index (χ1) is 12.5. The van der Waals surface area contributed by atoms with Crippen LogP contribution in [0.15, 0.2) is 41.4 Å². The Labute approximate surface area is 187 Å². The fourth-order valence-electron chi connectivity index (χ4n) is 2.52. The quantitative estimate of drug-likeness (QED) is 0.329. The van der Waals surface area contributed by atoms with Gasteiger partial charge in [-0.1, -0.05) is 23.7 Å². The van der Waals surface area contributed by atoms with E-state index in [-0.39, 0.29) is 29.9 Å². The van der Waals surface area contributed by atoms with Crippen LogP contribution in [-0.2, 0) is 13.0 Å². The number of benzene rings is 1. The summed E-state index contributed by atoms with van der Waals surface area (Å²) in [6.07, 6.45) is 0.776. The molecule has 5 nitrogen and oxygen atoms in total. The molecule has 27 heavy (non-hydrogen) atoms. The number of halogens is 2. The van der Waals surface area contributed by atoms with Gasteiger partial charge in [0.05, 0.1) is 10.9 Å². The van der Waals surface area contributed by atoms with Gasteiger partial charge in [-0.3, -0.25) is 9.79 Å². The lowest BCUT2D eigenvalue weighted by Gasteiger charge is -2.21. The third kappa shape index (κ3) is 7.67. The first-order valence-electron chi connectivity index (χ1n) is 8.58. The van der Waals surface area contributed by atoms with Crippen molar-refractivity contribution in [1.29, 1.82) is 0 Å². The number of nitrogens with one attached hydrogen (secondary N) is 2. The normalized spacial score (nSPS) is 10.9. The van der Waals surface area contributed by atoms with E-state index in [2.05, 4.69) is 22.5 Å². The summed E-state index contributed by atoms with van der Waals surface area (Å²) in [6.45, 7) is 4.27. The Morgan fingerprint density at radius 1 is 1.30 bits per heavy atom. The number of aliphatic imine (C=N–C) groups is 1. The van der Waals surface area contributed by atoms with E-state index in [9.17, 15) is 4.79 Å². The fraction of sp³-hybridized carbons (Fsp3) is 0.368. The molecule has 1 aromatic heterocycles. The highest BCUT2D eigenvalue weighted by Crippen LogP contribution is 2.22. The molecule has 2 rings (SSSR count). The predicted octanol–water partition coefficient (Wildman–Crippen LogP) is 4.02. The fourth-order valence-corrected chi connectivity index (χ4v) is 3.66. The Balaban J connectivity index is 0.00000364. The third-order valence-electron chi connectivity index (χ3n) is 3.80. The van der Waals surface area contributed by atoms with E-state index in [4.69, 9.17) is 16.6 Å². The van der Waals surface area contributed by atoms with Crippen molar-refractivity contribution >= 4 is 58.8 Å². The van der Waals surface area contributed by atoms with Crippen molar-refractivity contribution < 1.29 is 4.79 Å². The number of guanidine groups is 1. The van der Waals surface area contributed by atoms with Crippen molar-refractivity contribution in [2.45, 2.75) is 19.9 Å². The van der Waals surface area contributed by atoms with Gasteiger partial charge in [-0.2, -0.15) is 0 Å². The molecule has 0 radical (unpaired) electrons. The first-order valence-corrected chi connectivity index (χ1v) is 9.77. The van der Waals surface area contributed by atoms with E-state index in [1.807, 2.05) is 43.4 Å². The molecule has 0 spiro atoms. The average molecular weight is 521 g/mol. The van der Waals surface area contributed by atoms with Crippen LogP contribution >= 0.6 is 46.9 Å². The van der Waals surface area contributed by atoms with E-state index >= 15 is 0 Å². The summed E-state index contributed by atoms with van der Waals surface area (Å²) >= 11 is 7.59. The van der Waals surface area contributed by atoms with Crippen LogP contribution in [0.25, 0.3) is 0 Å². The van der Waals surface area contributed by atoms with Crippen LogP contribution in [0, 0.1) is 0 Å². The van der Waals surface area contributed by atoms with E-state index in [0.717, 1.165) is 35.4 Å². The Kier molecular flexibility index (Phi) is 10.7. The molecule has 1 aromatic carbocycles. The standard InChI is InChI=1S/C19H25ClN4OS.HI/c1-4-22-19(24(3)13-16-8-9-17(20)26-16)23-11-10-14-6-5-7-15(12-14)18(25)21-2;/h5-9,12H,4,10-11,13H2,1-3H3,(H,21,25)(H,22,23);1H. The maximum atomic E-state index is 11.7. The average Bonchev–Trinajstić information content (AvgIpc) is 3.05. The molecule has 148 valence electrons. The molecule has 1 heterocycles. The van der Waals surface area contributed by atoms with Gasteiger partial charge < -0.3 is 15.5 Å². The molecule has 1 amide bonds. The molecule has 0 saturated carbocycles. The van der Waals surface area contributed by atoms with E-state index in [1.165, 1.54) is 4.88 Å². The van der Waals surface area contributed by atoms with E-state index in [1.54, 1.807) is 18.4 Å². The second-order valence-electron chi connectivity index (χ2n) is 5.83. The molecule has 0 atom stereocenters. The lowest BCUT2D eigenvalue weighted by Crippen LogP contribution is -2.38. The number of hydrogen-bond acceptors (Lipinski definition) is 3. The van der Waals surface area contributed by atoms with Crippen molar-refractivity contribution in [1.82, 2.24) is 15.5 Å². The van der Waals surface area contributed by atoms with Crippen LogP contribution in [-0.4, -0.2) is 44.0 Å². The van der Waals surface area contributed by atoms with Crippen LogP contribution in [0.3, 0.4) is 0 Å². The van der Waals surface area contributed by atoms with Gasteiger partial charge in [-0.05, 0) is 43.2 Å². The lowest BCUT2D eigenvalue weighted by molar-refractivity contribution is 0.0963. The monoisotopic (exact) mass is 520 g/mol. The summed E-state index contributed by atoms with van der Waals surface area (Å²) < 4.78 is 0.798. The predicted molar refractivity (Wildman–Crippen MR) is 126 cm³/mol. The van der Waals surface area contributed by atoms with Crippen LogP contribution in [0.4, 0.5) is 0 Å². The topological polar surface area (TPSA) is 56.7 Å². The molecule has 0 aliphatic heterocycles. The van der Waals surface area contributed by atoms with E-state index < -0.39 is 0 Å². The molecule has 0 aliphatic rings. The van der Waals surface area contributed by atoms with Gasteiger partial charge in [0, 0.05) is 37.6 Å². The molecule has 2 N–H and O–H groups in total. The maximum absolute atomic E-state index is 11.7. The Morgan fingerprint density at radius 2 is 2.07 bits per heavy atom. The van der Waals surface area contributed by atoms with Gasteiger partial charge in [0.1, 0.15) is 0 Å². The maximum Gasteiger partial charge on any atom is 0.251 e. The summed E-state index contributed by atoms with van der Waals surface area (Å²) in [6, 6.07) is 11.6. The molecule has 0 fully saturated rings. The summed E-state index contributed by atoms with van der Waals surface area (Å²) in [4.78, 5) is 19.7. The molecule has 0 unspecified atom stereocenters. The van der Waals surface area contributed by atoms with Crippen molar-refractivity contribution in [3.05, 3.63) is 56.7 Å². The summed E-state index contributed by atoms with van der Waals surface area (Å²) in [7, 11) is 3.65. The van der Waals surface area contributed by atoms with Gasteiger partial charge in [-0.25, -0.2) is 0 Å². The number of carbonyl (C=O) groups is 1. The number of nitrogens with zero attached hydrogens (tertiary/aromatic N) is 2. The summed E-state index contributed by atoms with van der Waals surface area (Å²) in [5, 5.41) is 5.97. The summed E-state index contributed by atoms with van der Waals surface area (Å²) in [5.74, 6) is 0.789. The van der Waals surface area contributed by atoms with Gasteiger partial charge in [-0.15, -0.1) is 35.3 Å². The largest absolute Gasteiger partial charge is 0.357 e. The zero-order valence-electron chi connectivity index (χ0n) is 15.8. The van der Waals surface area contributed by atoms with Gasteiger partial charge in [0.2, 0.25) is 0 Å². The van der Waals surface area contributed by atoms with Crippen LogP contribution in [0.5, 0.6) is 0 Å². The third-order valence-corrected chi connectivity index (χ3v) is 5.01. The molecule has 0 bridgehead atoms. The highest BCUT2D eigenvalue weighted by molar-refractivity contribution is 14.0. The van der Waals surface area contributed by atoms with Gasteiger partial charge in [0.25, 0.3) is 5.91 Å². The van der Waals surface area contributed by atoms with Crippen LogP contribution in [0.1, 0.15) is 27.7 Å². The minimum absolute atomic E-state index is 0. The van der Waals surface area contributed by atoms with Gasteiger partial charge >= 0.3 is 0 Å². The smallest absolute Gasteiger partial charge is 0.251 e. The molecule has 8 heteroatoms. The molecular formula is C19H26ClIN4OS. The Morgan fingerprint density at radius 3 is 2.70 bits per heavy atom. The lowest BCUT2D eigenvalue weighted by atomic mass is 10.1. The number of thiophene rings is 1. The number of hydrogen-bond donors (Lipinski definition) is 2. The highest BCUT2D eigenvalue weighted by Gasteiger charge is 2.08. The Hall–Kier alpha value is -1.32. The summed E-state index contributed by atoms with van der Waals surface area (Å²) in [5.41, 5.74) is 1.77. The zero-order valence-corrected chi connectivity index (χ0v) is 19.7. The van der Waals surface area contributed by atoms with Crippen molar-refractivity contribution in [2.75, 3.05) is 27.2 Å². The van der Waals surface area contributed by atoms with Crippen LogP contribution in [0.2, 0.25) is 4.34 Å². The Bertz CT molecular complexity index is 766. The minimum Gasteiger partial charge on any atom is -0.357 e. The molecular weight excluding hydrogens is 495 g/mol. The van der Waals surface area contributed by atoms with E-state index in [0.29, 0.717) is 12.1 Å². The second-order valence-corrected chi connectivity index (χ2v) is 7.63. The number of carbonyl (C=O) groups excluding carboxylic acids is 1. The van der Waals surface area contributed by atoms with Crippen LogP contribution < -0.4 is 10.6 Å². The zero-order chi connectivity index (χ0) is 18.9. The SMILES string of the molecule is CCNC(=NCCc1cccc(C(=O)NC)c1)N(C)Cc1ccc(Cl)s1.I. The van der Waals surface area contributed by atoms with Crippen molar-refractivity contribution in [2.24, 2.45) is 4.99 Å². The molecule has 2 aromatic rings. The van der Waals surface area contributed by atoms with Crippen molar-refractivity contribution in [3.8, 4) is 0 Å².